The summed E-state index contributed by atoms with van der Waals surface area (Å²) in [6, 6.07) is 9.29. The molecule has 2 amide bonds. The Bertz CT molecular complexity index is 2060. The van der Waals surface area contributed by atoms with Gasteiger partial charge in [0.05, 0.1) is 43.5 Å². The zero-order valence-corrected chi connectivity index (χ0v) is 35.7. The molecule has 1 atom stereocenters. The van der Waals surface area contributed by atoms with Gasteiger partial charge in [0.25, 0.3) is 0 Å². The number of fused-ring (bicyclic) bond motifs is 1. The highest BCUT2D eigenvalue weighted by atomic mass is 32.1. The second-order valence-electron chi connectivity index (χ2n) is 15.7. The van der Waals surface area contributed by atoms with Crippen LogP contribution in [0.25, 0.3) is 10.9 Å². The molecule has 1 saturated heterocycles. The van der Waals surface area contributed by atoms with Crippen molar-refractivity contribution in [3.05, 3.63) is 59.6 Å². The molecule has 0 unspecified atom stereocenters. The third kappa shape index (κ3) is 13.6. The highest BCUT2D eigenvalue weighted by Gasteiger charge is 2.37. The number of amides is 2. The molecule has 2 aromatic heterocycles. The van der Waals surface area contributed by atoms with E-state index in [1.54, 1.807) is 73.0 Å². The molecule has 1 aliphatic rings. The molecule has 2 aromatic carbocycles. The van der Waals surface area contributed by atoms with E-state index in [-0.39, 0.29) is 38.1 Å². The smallest absolute Gasteiger partial charge is 0.475 e. The number of phosphoric acid groups is 1. The Morgan fingerprint density at radius 2 is 1.81 bits per heavy atom. The highest BCUT2D eigenvalue weighted by Crippen LogP contribution is 2.55. The minimum atomic E-state index is -3.97. The van der Waals surface area contributed by atoms with Crippen molar-refractivity contribution < 1.29 is 46.7 Å². The molecular weight excluding hydrogens is 793 g/mol. The zero-order chi connectivity index (χ0) is 42.1. The fourth-order valence-corrected chi connectivity index (χ4v) is 8.88. The average Bonchev–Trinajstić information content (AvgIpc) is 3.76. The highest BCUT2D eigenvalue weighted by molar-refractivity contribution is 7.48. The fraction of sp³-hybridized carbons (Fsp3) is 0.513. The molecule has 1 fully saturated rings. The van der Waals surface area contributed by atoms with Gasteiger partial charge in [0.15, 0.2) is 16.6 Å². The monoisotopic (exact) mass is 845 g/mol. The Kier molecular flexibility index (Phi) is 15.0. The van der Waals surface area contributed by atoms with Crippen LogP contribution in [0.1, 0.15) is 65.7 Å². The van der Waals surface area contributed by atoms with Crippen molar-refractivity contribution >= 4 is 58.7 Å². The lowest BCUT2D eigenvalue weighted by Crippen LogP contribution is -2.44. The SMILES string of the molecule is COc1cc2c(Nc3ncc(CC(=O)Nc4cccc(F)c4)s3)ncnc2cc1OCCCN1CCC[C@H]1CN(CCOP(=O)(OC(C)(C)C)OC(C)(C)C)C(=O)O. The number of nitrogens with one attached hydrogen (secondary N) is 2. The van der Waals surface area contributed by atoms with Crippen molar-refractivity contribution in [2.75, 3.05) is 57.1 Å². The molecule has 19 heteroatoms. The van der Waals surface area contributed by atoms with Gasteiger partial charge >= 0.3 is 13.9 Å². The number of hydrogen-bond acceptors (Lipinski definition) is 14. The number of thiazole rings is 1. The van der Waals surface area contributed by atoms with Gasteiger partial charge in [-0.15, -0.1) is 11.3 Å². The number of nitrogens with zero attached hydrogens (tertiary/aromatic N) is 5. The molecule has 58 heavy (non-hydrogen) atoms. The molecule has 0 saturated carbocycles. The molecule has 16 nitrogen and oxygen atoms in total. The Morgan fingerprint density at radius 3 is 2.50 bits per heavy atom. The number of carbonyl (C=O) groups is 2. The van der Waals surface area contributed by atoms with E-state index in [0.717, 1.165) is 19.4 Å². The minimum absolute atomic E-state index is 0.000776. The number of ether oxygens (including phenoxy) is 2. The summed E-state index contributed by atoms with van der Waals surface area (Å²) in [5, 5.41) is 17.1. The van der Waals surface area contributed by atoms with Gasteiger partial charge in [0.2, 0.25) is 5.91 Å². The number of aromatic nitrogens is 3. The largest absolute Gasteiger partial charge is 0.493 e. The normalized spacial score (nSPS) is 15.1. The van der Waals surface area contributed by atoms with Crippen molar-refractivity contribution in [3.8, 4) is 11.5 Å². The van der Waals surface area contributed by atoms with Crippen LogP contribution in [0, 0.1) is 5.82 Å². The summed E-state index contributed by atoms with van der Waals surface area (Å²) < 4.78 is 55.7. The number of benzene rings is 2. The first-order valence-electron chi connectivity index (χ1n) is 19.0. The van der Waals surface area contributed by atoms with E-state index >= 15 is 0 Å². The first-order chi connectivity index (χ1) is 27.4. The predicted molar refractivity (Wildman–Crippen MR) is 220 cm³/mol. The number of carboxylic acid groups (broad SMARTS) is 1. The number of phosphoric ester groups is 1. The number of carbonyl (C=O) groups excluding carboxylic acids is 1. The number of anilines is 3. The molecule has 4 aromatic rings. The van der Waals surface area contributed by atoms with Gasteiger partial charge in [-0.1, -0.05) is 6.07 Å². The van der Waals surface area contributed by atoms with E-state index in [1.807, 2.05) is 0 Å². The lowest BCUT2D eigenvalue weighted by molar-refractivity contribution is -0.115. The van der Waals surface area contributed by atoms with Crippen LogP contribution in [0.5, 0.6) is 11.5 Å². The minimum Gasteiger partial charge on any atom is -0.493 e. The van der Waals surface area contributed by atoms with Crippen molar-refractivity contribution in [2.24, 2.45) is 0 Å². The van der Waals surface area contributed by atoms with E-state index in [2.05, 4.69) is 30.5 Å². The van der Waals surface area contributed by atoms with E-state index in [9.17, 15) is 23.7 Å². The summed E-state index contributed by atoms with van der Waals surface area (Å²) in [5.41, 5.74) is -0.614. The van der Waals surface area contributed by atoms with Crippen molar-refractivity contribution in [3.63, 3.8) is 0 Å². The van der Waals surface area contributed by atoms with Gasteiger partial charge in [-0.2, -0.15) is 0 Å². The van der Waals surface area contributed by atoms with Crippen LogP contribution in [-0.4, -0.2) is 106 Å². The molecule has 0 radical (unpaired) electrons. The number of likely N-dealkylation sites (tertiary alicyclic amines) is 1. The summed E-state index contributed by atoms with van der Waals surface area (Å²) in [5.74, 6) is 0.766. The Labute approximate surface area is 342 Å². The Hall–Kier alpha value is -4.45. The Balaban J connectivity index is 1.13. The van der Waals surface area contributed by atoms with Crippen LogP contribution in [0.4, 0.5) is 25.8 Å². The predicted octanol–water partition coefficient (Wildman–Crippen LogP) is 8.13. The van der Waals surface area contributed by atoms with Crippen LogP contribution in [0.2, 0.25) is 0 Å². The summed E-state index contributed by atoms with van der Waals surface area (Å²) >= 11 is 1.29. The summed E-state index contributed by atoms with van der Waals surface area (Å²) in [6.45, 7) is 12.5. The quantitative estimate of drug-likeness (QED) is 0.0607. The number of halogens is 1. The van der Waals surface area contributed by atoms with Gasteiger partial charge in [0, 0.05) is 53.9 Å². The number of rotatable bonds is 19. The molecule has 3 heterocycles. The summed E-state index contributed by atoms with van der Waals surface area (Å²) in [6.07, 6.45) is 4.46. The molecule has 0 spiro atoms. The van der Waals surface area contributed by atoms with Crippen molar-refractivity contribution in [1.29, 1.82) is 0 Å². The maximum atomic E-state index is 13.5. The molecule has 1 aliphatic heterocycles. The zero-order valence-electron chi connectivity index (χ0n) is 33.9. The van der Waals surface area contributed by atoms with Gasteiger partial charge in [-0.25, -0.2) is 28.7 Å². The van der Waals surface area contributed by atoms with Crippen molar-refractivity contribution in [2.45, 2.75) is 84.5 Å². The second-order valence-corrected chi connectivity index (χ2v) is 18.3. The number of hydrogen-bond donors (Lipinski definition) is 3. The van der Waals surface area contributed by atoms with Crippen LogP contribution >= 0.6 is 19.2 Å². The van der Waals surface area contributed by atoms with E-state index in [0.29, 0.717) is 63.5 Å². The lowest BCUT2D eigenvalue weighted by atomic mass is 10.2. The maximum Gasteiger partial charge on any atom is 0.475 e. The maximum absolute atomic E-state index is 13.5. The van der Waals surface area contributed by atoms with Gasteiger partial charge in [-0.05, 0) is 91.6 Å². The first-order valence-corrected chi connectivity index (χ1v) is 21.3. The summed E-state index contributed by atoms with van der Waals surface area (Å²) in [4.78, 5) is 42.3. The molecule has 316 valence electrons. The topological polar surface area (TPSA) is 187 Å². The number of methoxy groups -OCH3 is 1. The summed E-state index contributed by atoms with van der Waals surface area (Å²) in [7, 11) is -2.42. The molecular formula is C39H53FN7O9PS. The van der Waals surface area contributed by atoms with E-state index < -0.39 is 30.9 Å². The molecule has 0 aliphatic carbocycles. The standard InChI is InChI=1S/C39H53FN7O9PS/c1-38(2,3)55-57(51,56-39(4,5)6)54-18-16-47(37(49)50)24-28-13-9-14-46(28)15-10-17-53-33-22-31-30(21-32(33)52-7)35(43-25-42-31)45-36-41-23-29(58-36)20-34(48)44-27-12-8-11-26(40)19-27/h8,11-12,19,21-23,25,28H,9-10,13-18,20,24H2,1-7H3,(H,44,48)(H,49,50)(H,41,42,43,45)/t28-/m0/s1. The second kappa shape index (κ2) is 19.5. The third-order valence-electron chi connectivity index (χ3n) is 8.57. The van der Waals surface area contributed by atoms with Gasteiger partial charge in [0.1, 0.15) is 18.0 Å². The molecule has 0 bridgehead atoms. The van der Waals surface area contributed by atoms with Gasteiger partial charge < -0.3 is 30.1 Å². The molecule has 5 rings (SSSR count). The van der Waals surface area contributed by atoms with Crippen molar-refractivity contribution in [1.82, 2.24) is 24.8 Å². The van der Waals surface area contributed by atoms with Gasteiger partial charge in [-0.3, -0.25) is 23.3 Å². The molecule has 3 N–H and O–H groups in total. The Morgan fingerprint density at radius 1 is 1.05 bits per heavy atom. The lowest BCUT2D eigenvalue weighted by Gasteiger charge is -2.32. The van der Waals surface area contributed by atoms with Crippen LogP contribution in [0.15, 0.2) is 48.9 Å². The van der Waals surface area contributed by atoms with E-state index in [1.165, 1.54) is 40.8 Å². The average molecular weight is 846 g/mol. The van der Waals surface area contributed by atoms with Crippen LogP contribution in [-0.2, 0) is 29.4 Å². The van der Waals surface area contributed by atoms with Crippen LogP contribution < -0.4 is 20.1 Å². The fourth-order valence-electron chi connectivity index (χ4n) is 6.28. The van der Waals surface area contributed by atoms with E-state index in [4.69, 9.17) is 23.0 Å². The first kappa shape index (κ1) is 44.6. The van der Waals surface area contributed by atoms with Crippen LogP contribution in [0.3, 0.4) is 0 Å². The third-order valence-corrected chi connectivity index (χ3v) is 11.5.